The number of rotatable bonds is 14. The van der Waals surface area contributed by atoms with Crippen molar-refractivity contribution < 1.29 is 4.43 Å². The van der Waals surface area contributed by atoms with E-state index in [4.69, 9.17) is 26.6 Å². The minimum absolute atomic E-state index is 0.705. The number of halogens is 2. The molecule has 0 aromatic carbocycles. The van der Waals surface area contributed by atoms with Crippen LogP contribution in [-0.4, -0.2) is 13.5 Å². The maximum Gasteiger partial charge on any atom is 0.389 e. The zero-order valence-corrected chi connectivity index (χ0v) is 15.4. The molecule has 4 heteroatoms. The largest absolute Gasteiger partial charge is 0.392 e. The summed E-state index contributed by atoms with van der Waals surface area (Å²) in [5, 5.41) is 0. The van der Waals surface area contributed by atoms with E-state index in [1.807, 2.05) is 0 Å². The molecule has 0 amide bonds. The van der Waals surface area contributed by atoms with Gasteiger partial charge in [0.2, 0.25) is 0 Å². The molecule has 0 N–H and O–H groups in total. The Morgan fingerprint density at radius 2 is 1.16 bits per heavy atom. The zero-order valence-electron chi connectivity index (χ0n) is 12.9. The highest BCUT2D eigenvalue weighted by Gasteiger charge is 2.29. The second-order valence-electron chi connectivity index (χ2n) is 5.42. The van der Waals surface area contributed by atoms with Gasteiger partial charge in [-0.3, -0.25) is 0 Å². The van der Waals surface area contributed by atoms with Crippen molar-refractivity contribution >= 4 is 29.1 Å². The van der Waals surface area contributed by atoms with Gasteiger partial charge in [-0.1, -0.05) is 78.1 Å². The molecule has 0 aromatic heterocycles. The monoisotopic (exact) mass is 326 g/mol. The fourth-order valence-electron chi connectivity index (χ4n) is 2.14. The van der Waals surface area contributed by atoms with E-state index < -0.39 is 6.94 Å². The van der Waals surface area contributed by atoms with Crippen LogP contribution in [0.3, 0.4) is 0 Å². The van der Waals surface area contributed by atoms with Gasteiger partial charge in [0.25, 0.3) is 0 Å². The topological polar surface area (TPSA) is 9.23 Å². The Balaban J connectivity index is 3.21. The van der Waals surface area contributed by atoms with Crippen molar-refractivity contribution in [2.75, 3.05) is 6.61 Å². The van der Waals surface area contributed by atoms with E-state index in [-0.39, 0.29) is 0 Å². The molecule has 0 fully saturated rings. The second-order valence-corrected chi connectivity index (χ2v) is 11.7. The third kappa shape index (κ3) is 15.0. The van der Waals surface area contributed by atoms with Gasteiger partial charge >= 0.3 is 6.94 Å². The van der Waals surface area contributed by atoms with E-state index in [1.54, 1.807) is 0 Å². The Bertz CT molecular complexity index is 189. The fraction of sp³-hybridized carbons (Fsp3) is 1.00. The van der Waals surface area contributed by atoms with Crippen molar-refractivity contribution in [3.63, 3.8) is 0 Å². The van der Waals surface area contributed by atoms with E-state index in [0.29, 0.717) is 6.61 Å². The lowest BCUT2D eigenvalue weighted by molar-refractivity contribution is 0.322. The Hall–Kier alpha value is 0.757. The van der Waals surface area contributed by atoms with Gasteiger partial charge in [-0.15, -0.1) is 22.2 Å². The summed E-state index contributed by atoms with van der Waals surface area (Å²) in [6.07, 6.45) is 14.4. The van der Waals surface area contributed by atoms with Crippen LogP contribution in [0.5, 0.6) is 0 Å². The minimum atomic E-state index is -2.37. The summed E-state index contributed by atoms with van der Waals surface area (Å²) in [5.74, 6) is 0. The van der Waals surface area contributed by atoms with E-state index >= 15 is 0 Å². The molecule has 0 spiro atoms. The molecule has 0 aliphatic carbocycles. The van der Waals surface area contributed by atoms with E-state index in [1.165, 1.54) is 57.8 Å². The Kier molecular flexibility index (Phi) is 14.3. The van der Waals surface area contributed by atoms with Crippen LogP contribution >= 0.6 is 22.2 Å². The molecule has 0 aromatic rings. The number of hydrogen-bond donors (Lipinski definition) is 0. The maximum atomic E-state index is 6.21. The van der Waals surface area contributed by atoms with Gasteiger partial charge in [-0.2, -0.15) is 0 Å². The average Bonchev–Trinajstić information content (AvgIpc) is 2.38. The van der Waals surface area contributed by atoms with Gasteiger partial charge in [0.05, 0.1) is 0 Å². The molecule has 0 heterocycles. The van der Waals surface area contributed by atoms with Gasteiger partial charge in [-0.05, 0) is 12.5 Å². The van der Waals surface area contributed by atoms with E-state index in [0.717, 1.165) is 18.9 Å². The molecular formula is C15H32Cl2OSi. The highest BCUT2D eigenvalue weighted by atomic mass is 35.7. The third-order valence-corrected chi connectivity index (χ3v) is 6.69. The predicted octanol–water partition coefficient (Wildman–Crippen LogP) is 6.75. The van der Waals surface area contributed by atoms with Crippen molar-refractivity contribution in [3.05, 3.63) is 0 Å². The molecule has 0 saturated carbocycles. The summed E-state index contributed by atoms with van der Waals surface area (Å²) < 4.78 is 5.53. The first kappa shape index (κ1) is 19.8. The first-order valence-electron chi connectivity index (χ1n) is 8.14. The normalized spacial score (nSPS) is 12.0. The lowest BCUT2D eigenvalue weighted by Gasteiger charge is -2.16. The molecule has 0 rings (SSSR count). The molecule has 116 valence electrons. The standard InChI is InChI=1S/C15H32Cl2OSi/c1-3-5-6-7-8-9-10-11-12-13-15-19(16,17)18-14-4-2/h3-15H2,1-2H3. The van der Waals surface area contributed by atoms with Gasteiger partial charge in [0.1, 0.15) is 0 Å². The molecule has 0 unspecified atom stereocenters. The van der Waals surface area contributed by atoms with Crippen LogP contribution in [0.25, 0.3) is 0 Å². The van der Waals surface area contributed by atoms with Crippen LogP contribution in [0.15, 0.2) is 0 Å². The van der Waals surface area contributed by atoms with Crippen molar-refractivity contribution in [2.45, 2.75) is 90.5 Å². The van der Waals surface area contributed by atoms with Crippen LogP contribution in [0.4, 0.5) is 0 Å². The quantitative estimate of drug-likeness (QED) is 0.195. The van der Waals surface area contributed by atoms with Crippen LogP contribution in [0.1, 0.15) is 84.5 Å². The summed E-state index contributed by atoms with van der Waals surface area (Å²) in [4.78, 5) is 0. The number of unbranched alkanes of at least 4 members (excludes halogenated alkanes) is 9. The Labute approximate surface area is 130 Å². The molecular weight excluding hydrogens is 295 g/mol. The number of hydrogen-bond acceptors (Lipinski definition) is 1. The van der Waals surface area contributed by atoms with Gasteiger partial charge in [0.15, 0.2) is 0 Å². The maximum absolute atomic E-state index is 6.21. The van der Waals surface area contributed by atoms with Crippen molar-refractivity contribution in [1.29, 1.82) is 0 Å². The van der Waals surface area contributed by atoms with Gasteiger partial charge in [0, 0.05) is 6.61 Å². The molecule has 0 atom stereocenters. The van der Waals surface area contributed by atoms with Gasteiger partial charge < -0.3 is 4.43 Å². The smallest absolute Gasteiger partial charge is 0.389 e. The van der Waals surface area contributed by atoms with Gasteiger partial charge in [-0.25, -0.2) is 0 Å². The fourth-order valence-corrected chi connectivity index (χ4v) is 4.72. The molecule has 0 aliphatic rings. The zero-order chi connectivity index (χ0) is 14.4. The summed E-state index contributed by atoms with van der Waals surface area (Å²) in [7, 11) is 0. The average molecular weight is 327 g/mol. The van der Waals surface area contributed by atoms with Crippen molar-refractivity contribution in [3.8, 4) is 0 Å². The molecule has 0 aliphatic heterocycles. The third-order valence-electron chi connectivity index (χ3n) is 3.34. The highest BCUT2D eigenvalue weighted by Crippen LogP contribution is 2.25. The summed E-state index contributed by atoms with van der Waals surface area (Å²) in [6.45, 7) is 2.68. The highest BCUT2D eigenvalue weighted by molar-refractivity contribution is 7.42. The summed E-state index contributed by atoms with van der Waals surface area (Å²) in [5.41, 5.74) is 0. The minimum Gasteiger partial charge on any atom is -0.392 e. The lowest BCUT2D eigenvalue weighted by Crippen LogP contribution is -2.24. The van der Waals surface area contributed by atoms with Crippen molar-refractivity contribution in [2.24, 2.45) is 0 Å². The van der Waals surface area contributed by atoms with E-state index in [9.17, 15) is 0 Å². The van der Waals surface area contributed by atoms with Crippen LogP contribution in [0, 0.1) is 0 Å². The Morgan fingerprint density at radius 1 is 0.684 bits per heavy atom. The summed E-state index contributed by atoms with van der Waals surface area (Å²) in [6, 6.07) is 0.882. The van der Waals surface area contributed by atoms with Crippen LogP contribution < -0.4 is 0 Å². The van der Waals surface area contributed by atoms with E-state index in [2.05, 4.69) is 13.8 Å². The predicted molar refractivity (Wildman–Crippen MR) is 90.4 cm³/mol. The molecule has 1 nitrogen and oxygen atoms in total. The van der Waals surface area contributed by atoms with Crippen LogP contribution in [0.2, 0.25) is 6.04 Å². The molecule has 0 saturated heterocycles. The van der Waals surface area contributed by atoms with Crippen LogP contribution in [-0.2, 0) is 4.43 Å². The first-order valence-corrected chi connectivity index (χ1v) is 12.3. The molecule has 0 bridgehead atoms. The first-order chi connectivity index (χ1) is 9.12. The second kappa shape index (κ2) is 13.7. The lowest BCUT2D eigenvalue weighted by atomic mass is 10.1. The molecule has 19 heavy (non-hydrogen) atoms. The summed E-state index contributed by atoms with van der Waals surface area (Å²) >= 11 is 12.4. The molecule has 0 radical (unpaired) electrons. The Morgan fingerprint density at radius 3 is 1.63 bits per heavy atom. The SMILES string of the molecule is CCCCCCCCCCCC[Si](Cl)(Cl)OCCC. The van der Waals surface area contributed by atoms with Crippen molar-refractivity contribution in [1.82, 2.24) is 0 Å².